The van der Waals surface area contributed by atoms with Crippen molar-refractivity contribution in [3.63, 3.8) is 0 Å². The van der Waals surface area contributed by atoms with E-state index in [1.54, 1.807) is 6.92 Å². The molecule has 0 aromatic carbocycles. The van der Waals surface area contributed by atoms with Gasteiger partial charge in [-0.3, -0.25) is 4.79 Å². The standard InChI is InChI=1S/C5H11NO2S/c1-5(6,3-9)4(7)8-2/h9H,3,6H2,1-2H3/t5-/m1/s1. The zero-order valence-electron chi connectivity index (χ0n) is 5.55. The van der Waals surface area contributed by atoms with Gasteiger partial charge in [0, 0.05) is 5.75 Å². The molecule has 54 valence electrons. The van der Waals surface area contributed by atoms with E-state index in [2.05, 4.69) is 17.4 Å². The maximum atomic E-state index is 10.7. The molecule has 0 aromatic rings. The minimum absolute atomic E-state index is 0.291. The van der Waals surface area contributed by atoms with Crippen molar-refractivity contribution in [2.45, 2.75) is 12.5 Å². The second kappa shape index (κ2) is 3.08. The van der Waals surface area contributed by atoms with Crippen molar-refractivity contribution in [2.24, 2.45) is 5.73 Å². The lowest BCUT2D eigenvalue weighted by Crippen LogP contribution is -2.47. The highest BCUT2D eigenvalue weighted by Crippen LogP contribution is 2.02. The predicted octanol–water partition coefficient (Wildman–Crippen LogP) is -0.193. The monoisotopic (exact) mass is 149 g/mol. The molecule has 0 aromatic heterocycles. The molecule has 0 fully saturated rings. The van der Waals surface area contributed by atoms with Gasteiger partial charge in [-0.15, -0.1) is 0 Å². The third kappa shape index (κ3) is 2.24. The average Bonchev–Trinajstić information content (AvgIpc) is 1.86. The Bertz CT molecular complexity index is 114. The molecule has 0 spiro atoms. The Morgan fingerprint density at radius 1 is 1.89 bits per heavy atom. The second-order valence-electron chi connectivity index (χ2n) is 2.07. The second-order valence-corrected chi connectivity index (χ2v) is 2.38. The first-order valence-corrected chi connectivity index (χ1v) is 3.16. The number of carbonyl (C=O) groups excluding carboxylic acids is 1. The van der Waals surface area contributed by atoms with Gasteiger partial charge in [-0.05, 0) is 6.92 Å². The highest BCUT2D eigenvalue weighted by atomic mass is 32.1. The fourth-order valence-electron chi connectivity index (χ4n) is 0.298. The van der Waals surface area contributed by atoms with Gasteiger partial charge in [0.05, 0.1) is 7.11 Å². The molecule has 0 saturated carbocycles. The van der Waals surface area contributed by atoms with Gasteiger partial charge in [-0.1, -0.05) is 0 Å². The quantitative estimate of drug-likeness (QED) is 0.422. The van der Waals surface area contributed by atoms with Crippen LogP contribution < -0.4 is 5.73 Å². The molecule has 0 aliphatic heterocycles. The number of hydrogen-bond donors (Lipinski definition) is 2. The van der Waals surface area contributed by atoms with Crippen LogP contribution in [0.4, 0.5) is 0 Å². The van der Waals surface area contributed by atoms with Crippen molar-refractivity contribution in [3.05, 3.63) is 0 Å². The van der Waals surface area contributed by atoms with Gasteiger partial charge in [0.15, 0.2) is 0 Å². The van der Waals surface area contributed by atoms with Crippen molar-refractivity contribution < 1.29 is 9.53 Å². The molecule has 0 radical (unpaired) electrons. The third-order valence-electron chi connectivity index (χ3n) is 0.980. The van der Waals surface area contributed by atoms with E-state index in [1.165, 1.54) is 7.11 Å². The molecule has 0 saturated heterocycles. The Labute approximate surface area is 60.0 Å². The Morgan fingerprint density at radius 3 is 2.44 bits per heavy atom. The van der Waals surface area contributed by atoms with Gasteiger partial charge in [-0.2, -0.15) is 12.6 Å². The molecular formula is C5H11NO2S. The van der Waals surface area contributed by atoms with E-state index in [0.717, 1.165) is 0 Å². The highest BCUT2D eigenvalue weighted by Gasteiger charge is 2.26. The molecule has 0 bridgehead atoms. The van der Waals surface area contributed by atoms with E-state index >= 15 is 0 Å². The third-order valence-corrected chi connectivity index (χ3v) is 1.64. The zero-order valence-corrected chi connectivity index (χ0v) is 6.44. The topological polar surface area (TPSA) is 52.3 Å². The smallest absolute Gasteiger partial charge is 0.326 e. The summed E-state index contributed by atoms with van der Waals surface area (Å²) in [7, 11) is 1.30. The normalized spacial score (nSPS) is 16.4. The number of ether oxygens (including phenoxy) is 1. The minimum atomic E-state index is -0.947. The largest absolute Gasteiger partial charge is 0.468 e. The summed E-state index contributed by atoms with van der Waals surface area (Å²) in [6, 6.07) is 0. The molecule has 0 heterocycles. The molecule has 3 nitrogen and oxygen atoms in total. The number of esters is 1. The zero-order chi connectivity index (χ0) is 7.49. The van der Waals surface area contributed by atoms with Crippen LogP contribution in [0.15, 0.2) is 0 Å². The van der Waals surface area contributed by atoms with E-state index in [-0.39, 0.29) is 0 Å². The molecule has 0 aliphatic rings. The van der Waals surface area contributed by atoms with Crippen LogP contribution in [-0.2, 0) is 9.53 Å². The highest BCUT2D eigenvalue weighted by molar-refractivity contribution is 7.80. The van der Waals surface area contributed by atoms with E-state index in [4.69, 9.17) is 5.73 Å². The van der Waals surface area contributed by atoms with Crippen LogP contribution in [0.1, 0.15) is 6.92 Å². The molecule has 0 rings (SSSR count). The Balaban J connectivity index is 3.97. The number of rotatable bonds is 2. The summed E-state index contributed by atoms with van der Waals surface area (Å²) in [5, 5.41) is 0. The van der Waals surface area contributed by atoms with Gasteiger partial charge in [0.1, 0.15) is 5.54 Å². The first-order valence-electron chi connectivity index (χ1n) is 2.52. The molecule has 0 amide bonds. The number of thiol groups is 1. The first-order chi connectivity index (χ1) is 4.04. The first kappa shape index (κ1) is 8.78. The minimum Gasteiger partial charge on any atom is -0.468 e. The predicted molar refractivity (Wildman–Crippen MR) is 38.5 cm³/mol. The summed E-state index contributed by atoms with van der Waals surface area (Å²) in [5.74, 6) is -0.142. The lowest BCUT2D eigenvalue weighted by atomic mass is 10.1. The van der Waals surface area contributed by atoms with Gasteiger partial charge in [-0.25, -0.2) is 0 Å². The SMILES string of the molecule is COC(=O)[C@](C)(N)CS. The van der Waals surface area contributed by atoms with Crippen LogP contribution in [0.2, 0.25) is 0 Å². The van der Waals surface area contributed by atoms with E-state index in [0.29, 0.717) is 5.75 Å². The van der Waals surface area contributed by atoms with Crippen LogP contribution in [-0.4, -0.2) is 24.4 Å². The van der Waals surface area contributed by atoms with Gasteiger partial charge < -0.3 is 10.5 Å². The van der Waals surface area contributed by atoms with Crippen LogP contribution >= 0.6 is 12.6 Å². The van der Waals surface area contributed by atoms with Gasteiger partial charge in [0.25, 0.3) is 0 Å². The summed E-state index contributed by atoms with van der Waals surface area (Å²) < 4.78 is 4.39. The van der Waals surface area contributed by atoms with Crippen molar-refractivity contribution >= 4 is 18.6 Å². The van der Waals surface area contributed by atoms with Crippen molar-refractivity contribution in [3.8, 4) is 0 Å². The van der Waals surface area contributed by atoms with Crippen molar-refractivity contribution in [1.82, 2.24) is 0 Å². The molecule has 1 atom stereocenters. The average molecular weight is 149 g/mol. The fraction of sp³-hybridized carbons (Fsp3) is 0.800. The van der Waals surface area contributed by atoms with Crippen LogP contribution in [0.3, 0.4) is 0 Å². The molecule has 4 heteroatoms. The fourth-order valence-corrected chi connectivity index (χ4v) is 0.427. The molecule has 2 N–H and O–H groups in total. The van der Waals surface area contributed by atoms with E-state index in [9.17, 15) is 4.79 Å². The van der Waals surface area contributed by atoms with Gasteiger partial charge in [0.2, 0.25) is 0 Å². The lowest BCUT2D eigenvalue weighted by molar-refractivity contribution is -0.145. The number of carbonyl (C=O) groups is 1. The van der Waals surface area contributed by atoms with E-state index in [1.807, 2.05) is 0 Å². The Kier molecular flexibility index (Phi) is 3.00. The molecule has 9 heavy (non-hydrogen) atoms. The molecule has 0 unspecified atom stereocenters. The molecule has 0 aliphatic carbocycles. The van der Waals surface area contributed by atoms with Crippen LogP contribution in [0.5, 0.6) is 0 Å². The summed E-state index contributed by atoms with van der Waals surface area (Å²) in [5.41, 5.74) is 4.47. The van der Waals surface area contributed by atoms with Crippen molar-refractivity contribution in [2.75, 3.05) is 12.9 Å². The summed E-state index contributed by atoms with van der Waals surface area (Å²) in [6.45, 7) is 1.58. The Hall–Kier alpha value is -0.220. The lowest BCUT2D eigenvalue weighted by Gasteiger charge is -2.17. The maximum Gasteiger partial charge on any atom is 0.326 e. The van der Waals surface area contributed by atoms with E-state index < -0.39 is 11.5 Å². The van der Waals surface area contributed by atoms with Crippen LogP contribution in [0, 0.1) is 0 Å². The summed E-state index contributed by atoms with van der Waals surface area (Å²) in [6.07, 6.45) is 0. The van der Waals surface area contributed by atoms with Crippen LogP contribution in [0.25, 0.3) is 0 Å². The summed E-state index contributed by atoms with van der Waals surface area (Å²) in [4.78, 5) is 10.7. The molecular weight excluding hydrogens is 138 g/mol. The van der Waals surface area contributed by atoms with Crippen molar-refractivity contribution in [1.29, 1.82) is 0 Å². The summed E-state index contributed by atoms with van der Waals surface area (Å²) >= 11 is 3.87. The Morgan fingerprint density at radius 2 is 2.33 bits per heavy atom. The number of nitrogens with two attached hydrogens (primary N) is 1. The maximum absolute atomic E-state index is 10.7. The van der Waals surface area contributed by atoms with Gasteiger partial charge >= 0.3 is 5.97 Å². The number of methoxy groups -OCH3 is 1. The number of hydrogen-bond acceptors (Lipinski definition) is 4.